The molecule has 0 spiro atoms. The van der Waals surface area contributed by atoms with Crippen LogP contribution in [0.4, 0.5) is 5.69 Å². The highest BCUT2D eigenvalue weighted by Crippen LogP contribution is 2.33. The predicted octanol–water partition coefficient (Wildman–Crippen LogP) is 4.95. The van der Waals surface area contributed by atoms with Crippen molar-refractivity contribution in [2.24, 2.45) is 7.05 Å². The fraction of sp³-hybridized carbons (Fsp3) is 0.292. The summed E-state index contributed by atoms with van der Waals surface area (Å²) in [5.41, 5.74) is 2.20. The molecule has 7 heteroatoms. The molecule has 3 aromatic rings. The average Bonchev–Trinajstić information content (AvgIpc) is 2.99. The van der Waals surface area contributed by atoms with Crippen molar-refractivity contribution in [3.63, 3.8) is 0 Å². The van der Waals surface area contributed by atoms with Gasteiger partial charge in [-0.1, -0.05) is 30.3 Å². The van der Waals surface area contributed by atoms with E-state index in [1.165, 1.54) is 4.74 Å². The summed E-state index contributed by atoms with van der Waals surface area (Å²) >= 11 is 0. The van der Waals surface area contributed by atoms with E-state index in [2.05, 4.69) is 11.8 Å². The van der Waals surface area contributed by atoms with Gasteiger partial charge in [0.15, 0.2) is 13.3 Å². The van der Waals surface area contributed by atoms with Crippen LogP contribution in [0, 0.1) is 6.92 Å². The minimum absolute atomic E-state index is 0.261. The van der Waals surface area contributed by atoms with Gasteiger partial charge in [0.2, 0.25) is 0 Å². The predicted molar refractivity (Wildman–Crippen MR) is 118 cm³/mol. The van der Waals surface area contributed by atoms with Crippen LogP contribution in [-0.4, -0.2) is 32.8 Å². The Balaban J connectivity index is 1.68. The van der Waals surface area contributed by atoms with Crippen molar-refractivity contribution in [2.45, 2.75) is 39.9 Å². The normalized spacial score (nSPS) is 11.1. The van der Waals surface area contributed by atoms with Gasteiger partial charge in [0.1, 0.15) is 17.0 Å². The van der Waals surface area contributed by atoms with Gasteiger partial charge in [-0.3, -0.25) is 4.84 Å². The number of aromatic nitrogens is 2. The van der Waals surface area contributed by atoms with Gasteiger partial charge in [-0.15, -0.1) is 0 Å². The van der Waals surface area contributed by atoms with Crippen LogP contribution < -0.4 is 4.74 Å². The van der Waals surface area contributed by atoms with Crippen LogP contribution in [-0.2, 0) is 23.2 Å². The molecule has 0 bridgehead atoms. The first-order valence-corrected chi connectivity index (χ1v) is 9.96. The summed E-state index contributed by atoms with van der Waals surface area (Å²) in [4.78, 5) is 18.0. The Morgan fingerprint density at radius 1 is 1.10 bits per heavy atom. The number of rotatable bonds is 7. The summed E-state index contributed by atoms with van der Waals surface area (Å²) in [6, 6.07) is 16.6. The molecule has 0 N–H and O–H groups in total. The fourth-order valence-electron chi connectivity index (χ4n) is 2.92. The van der Waals surface area contributed by atoms with E-state index in [1.807, 2.05) is 70.2 Å². The quantitative estimate of drug-likeness (QED) is 0.233. The monoisotopic (exact) mass is 422 g/mol. The summed E-state index contributed by atoms with van der Waals surface area (Å²) in [5.74, 6) is 0.865. The van der Waals surface area contributed by atoms with E-state index in [9.17, 15) is 4.79 Å². The molecule has 3 rings (SSSR count). The summed E-state index contributed by atoms with van der Waals surface area (Å²) in [6.45, 7) is 11.6. The fourth-order valence-corrected chi connectivity index (χ4v) is 2.92. The summed E-state index contributed by atoms with van der Waals surface area (Å²) in [5, 5.41) is 4.42. The number of para-hydroxylation sites is 1. The Kier molecular flexibility index (Phi) is 6.44. The molecular formula is C24H28N3O4+. The Labute approximate surface area is 182 Å². The van der Waals surface area contributed by atoms with Gasteiger partial charge in [-0.2, -0.15) is 5.10 Å². The van der Waals surface area contributed by atoms with Crippen LogP contribution in [0.3, 0.4) is 0 Å². The number of benzene rings is 2. The molecule has 0 unspecified atom stereocenters. The summed E-state index contributed by atoms with van der Waals surface area (Å²) in [7, 11) is 1.80. The molecule has 1 aromatic heterocycles. The summed E-state index contributed by atoms with van der Waals surface area (Å²) in [6.07, 6.45) is 0. The van der Waals surface area contributed by atoms with E-state index in [0.717, 1.165) is 11.3 Å². The Morgan fingerprint density at radius 2 is 1.74 bits per heavy atom. The lowest BCUT2D eigenvalue weighted by atomic mass is 10.1. The van der Waals surface area contributed by atoms with Gasteiger partial charge in [0.05, 0.1) is 5.56 Å². The van der Waals surface area contributed by atoms with Crippen LogP contribution in [0.15, 0.2) is 54.6 Å². The molecule has 0 saturated carbocycles. The molecule has 2 aromatic carbocycles. The third-order valence-electron chi connectivity index (χ3n) is 4.32. The molecule has 0 saturated heterocycles. The molecule has 0 aliphatic heterocycles. The maximum absolute atomic E-state index is 12.2. The number of hydrogen-bond acceptors (Lipinski definition) is 5. The topological polar surface area (TPSA) is 65.6 Å². The Bertz CT molecular complexity index is 1060. The van der Waals surface area contributed by atoms with Crippen molar-refractivity contribution in [3.8, 4) is 11.6 Å². The lowest BCUT2D eigenvalue weighted by Crippen LogP contribution is -2.23. The van der Waals surface area contributed by atoms with Gasteiger partial charge < -0.3 is 9.47 Å². The zero-order valence-corrected chi connectivity index (χ0v) is 18.6. The second kappa shape index (κ2) is 9.04. The highest BCUT2D eigenvalue weighted by atomic mass is 16.7. The van der Waals surface area contributed by atoms with Crippen molar-refractivity contribution in [1.82, 2.24) is 9.78 Å². The van der Waals surface area contributed by atoms with E-state index >= 15 is 0 Å². The minimum atomic E-state index is -0.533. The molecule has 0 aliphatic carbocycles. The number of hydrogen-bond donors (Lipinski definition) is 0. The first-order valence-electron chi connectivity index (χ1n) is 9.96. The molecule has 162 valence electrons. The third kappa shape index (κ3) is 5.72. The van der Waals surface area contributed by atoms with Crippen molar-refractivity contribution >= 4 is 18.4 Å². The molecular weight excluding hydrogens is 394 g/mol. The average molecular weight is 423 g/mol. The molecule has 0 radical (unpaired) electrons. The van der Waals surface area contributed by atoms with Crippen molar-refractivity contribution < 1.29 is 23.8 Å². The number of esters is 1. The van der Waals surface area contributed by atoms with Crippen LogP contribution in [0.25, 0.3) is 0 Å². The second-order valence-electron chi connectivity index (χ2n) is 8.13. The SMILES string of the molecule is C=[N+](OCc1ccc(C(=O)OC(C)(C)C)cc1)c1c(C)nn(C)c1Oc1ccccc1. The maximum Gasteiger partial charge on any atom is 0.341 e. The Hall–Kier alpha value is -3.61. The third-order valence-corrected chi connectivity index (χ3v) is 4.32. The highest BCUT2D eigenvalue weighted by Gasteiger charge is 2.27. The van der Waals surface area contributed by atoms with Gasteiger partial charge in [-0.25, -0.2) is 9.48 Å². The molecule has 1 heterocycles. The van der Waals surface area contributed by atoms with Crippen LogP contribution in [0.5, 0.6) is 11.6 Å². The largest absolute Gasteiger partial charge is 0.456 e. The van der Waals surface area contributed by atoms with Crippen molar-refractivity contribution in [3.05, 3.63) is 71.4 Å². The second-order valence-corrected chi connectivity index (χ2v) is 8.13. The van der Waals surface area contributed by atoms with E-state index in [1.54, 1.807) is 23.9 Å². The zero-order chi connectivity index (χ0) is 22.6. The lowest BCUT2D eigenvalue weighted by molar-refractivity contribution is -0.729. The van der Waals surface area contributed by atoms with E-state index in [0.29, 0.717) is 22.9 Å². The standard InChI is InChI=1S/C24H28N3O4/c1-17-21(22(26(5)25-17)30-20-10-8-7-9-11-20)27(6)29-16-18-12-14-19(15-13-18)23(28)31-24(2,3)4/h7-15H,6,16H2,1-5H3/q+1. The van der Waals surface area contributed by atoms with E-state index in [-0.39, 0.29) is 12.6 Å². The molecule has 31 heavy (non-hydrogen) atoms. The highest BCUT2D eigenvalue weighted by molar-refractivity contribution is 5.89. The number of ether oxygens (including phenoxy) is 2. The first kappa shape index (κ1) is 22.1. The van der Waals surface area contributed by atoms with Gasteiger partial charge in [0, 0.05) is 11.8 Å². The molecule has 0 aliphatic rings. The minimum Gasteiger partial charge on any atom is -0.456 e. The van der Waals surface area contributed by atoms with Crippen LogP contribution >= 0.6 is 0 Å². The van der Waals surface area contributed by atoms with Crippen molar-refractivity contribution in [2.75, 3.05) is 0 Å². The van der Waals surface area contributed by atoms with E-state index in [4.69, 9.17) is 14.3 Å². The van der Waals surface area contributed by atoms with Gasteiger partial charge in [-0.05, 0) is 57.5 Å². The van der Waals surface area contributed by atoms with Crippen LogP contribution in [0.2, 0.25) is 0 Å². The molecule has 7 nitrogen and oxygen atoms in total. The lowest BCUT2D eigenvalue weighted by Gasteiger charge is -2.19. The molecule has 0 amide bonds. The zero-order valence-electron chi connectivity index (χ0n) is 18.6. The van der Waals surface area contributed by atoms with E-state index < -0.39 is 5.60 Å². The Morgan fingerprint density at radius 3 is 2.35 bits per heavy atom. The number of aryl methyl sites for hydroxylation is 2. The van der Waals surface area contributed by atoms with Gasteiger partial charge in [0.25, 0.3) is 5.88 Å². The number of carbonyl (C=O) groups is 1. The smallest absolute Gasteiger partial charge is 0.341 e. The van der Waals surface area contributed by atoms with Crippen LogP contribution in [0.1, 0.15) is 42.4 Å². The summed E-state index contributed by atoms with van der Waals surface area (Å²) < 4.78 is 14.4. The number of carbonyl (C=O) groups excluding carboxylic acids is 1. The number of nitrogens with zero attached hydrogens (tertiary/aromatic N) is 3. The van der Waals surface area contributed by atoms with Gasteiger partial charge >= 0.3 is 11.7 Å². The maximum atomic E-state index is 12.2. The molecule has 0 atom stereocenters. The van der Waals surface area contributed by atoms with Crippen molar-refractivity contribution in [1.29, 1.82) is 0 Å². The first-order chi connectivity index (χ1) is 14.6. The molecule has 0 fully saturated rings.